The fourth-order valence-electron chi connectivity index (χ4n) is 4.26. The van der Waals surface area contributed by atoms with Crippen LogP contribution in [0.1, 0.15) is 75.2 Å². The number of aryl methyl sites for hydroxylation is 3. The fraction of sp³-hybridized carbons (Fsp3) is 0.762. The van der Waals surface area contributed by atoms with Crippen LogP contribution in [0.25, 0.3) is 0 Å². The van der Waals surface area contributed by atoms with Crippen molar-refractivity contribution < 1.29 is 0 Å². The summed E-state index contributed by atoms with van der Waals surface area (Å²) in [5.74, 6) is 5.56. The van der Waals surface area contributed by atoms with Gasteiger partial charge in [0.25, 0.3) is 0 Å². The quantitative estimate of drug-likeness (QED) is 0.253. The Kier molecular flexibility index (Phi) is 8.67. The van der Waals surface area contributed by atoms with Crippen LogP contribution < -0.4 is 10.6 Å². The molecule has 0 spiro atoms. The van der Waals surface area contributed by atoms with Crippen molar-refractivity contribution in [2.24, 2.45) is 4.99 Å². The van der Waals surface area contributed by atoms with E-state index in [1.165, 1.54) is 25.1 Å². The van der Waals surface area contributed by atoms with E-state index in [0.717, 1.165) is 75.2 Å². The van der Waals surface area contributed by atoms with Crippen LogP contribution in [-0.4, -0.2) is 55.1 Å². The number of hydrogen-bond acceptors (Lipinski definition) is 5. The van der Waals surface area contributed by atoms with E-state index in [9.17, 15) is 0 Å². The molecule has 0 saturated heterocycles. The van der Waals surface area contributed by atoms with Gasteiger partial charge >= 0.3 is 0 Å². The lowest BCUT2D eigenvalue weighted by Gasteiger charge is -2.25. The van der Waals surface area contributed by atoms with Crippen LogP contribution in [0.5, 0.6) is 0 Å². The second-order valence-electron chi connectivity index (χ2n) is 8.70. The monoisotopic (exact) mass is 541 g/mol. The molecule has 2 aromatic rings. The summed E-state index contributed by atoms with van der Waals surface area (Å²) in [5.41, 5.74) is 0. The molecule has 1 atom stereocenters. The molecular weight excluding hydrogens is 505 g/mol. The van der Waals surface area contributed by atoms with Gasteiger partial charge in [-0.15, -0.1) is 34.2 Å². The van der Waals surface area contributed by atoms with E-state index in [1.807, 2.05) is 7.05 Å². The first-order chi connectivity index (χ1) is 14.6. The maximum Gasteiger partial charge on any atom is 0.191 e. The Labute approximate surface area is 201 Å². The smallest absolute Gasteiger partial charge is 0.191 e. The predicted molar refractivity (Wildman–Crippen MR) is 132 cm³/mol. The average Bonchev–Trinajstić information content (AvgIpc) is 3.26. The summed E-state index contributed by atoms with van der Waals surface area (Å²) in [6, 6.07) is 0.317. The molecule has 0 bridgehead atoms. The summed E-state index contributed by atoms with van der Waals surface area (Å²) in [6.07, 6.45) is 8.78. The molecule has 2 aliphatic heterocycles. The molecule has 0 radical (unpaired) electrons. The second kappa shape index (κ2) is 11.2. The number of guanidine groups is 1. The Morgan fingerprint density at radius 2 is 2.03 bits per heavy atom. The third kappa shape index (κ3) is 5.95. The number of aromatic nitrogens is 6. The third-order valence-electron chi connectivity index (χ3n) is 6.01. The SMILES string of the molecule is CN=C(NCCCc1nnc2n1CCCCC2)NC1CCc2nc(C(C)C)nn2C1.I. The summed E-state index contributed by atoms with van der Waals surface area (Å²) < 4.78 is 4.39. The highest BCUT2D eigenvalue weighted by molar-refractivity contribution is 14.0. The van der Waals surface area contributed by atoms with Crippen molar-refractivity contribution in [3.8, 4) is 0 Å². The van der Waals surface area contributed by atoms with Crippen molar-refractivity contribution in [1.82, 2.24) is 40.2 Å². The van der Waals surface area contributed by atoms with Gasteiger partial charge in [-0.05, 0) is 25.7 Å². The second-order valence-corrected chi connectivity index (χ2v) is 8.70. The zero-order valence-corrected chi connectivity index (χ0v) is 21.3. The molecule has 0 saturated carbocycles. The van der Waals surface area contributed by atoms with Gasteiger partial charge in [-0.25, -0.2) is 9.67 Å². The molecule has 2 aliphatic rings. The lowest BCUT2D eigenvalue weighted by atomic mass is 10.1. The van der Waals surface area contributed by atoms with E-state index < -0.39 is 0 Å². The summed E-state index contributed by atoms with van der Waals surface area (Å²) in [5, 5.41) is 20.5. The van der Waals surface area contributed by atoms with Gasteiger partial charge in [-0.2, -0.15) is 5.10 Å². The molecule has 31 heavy (non-hydrogen) atoms. The summed E-state index contributed by atoms with van der Waals surface area (Å²) in [4.78, 5) is 9.08. The van der Waals surface area contributed by atoms with Gasteiger partial charge in [-0.3, -0.25) is 4.99 Å². The Hall–Kier alpha value is -1.72. The molecule has 2 N–H and O–H groups in total. The van der Waals surface area contributed by atoms with Crippen molar-refractivity contribution in [1.29, 1.82) is 0 Å². The lowest BCUT2D eigenvalue weighted by Crippen LogP contribution is -2.47. The standard InChI is InChI=1S/C21H35N9.HI/c1-15(2)20-25-17-11-10-16(14-30(17)28-20)24-21(22-3)23-12-7-9-19-27-26-18-8-5-4-6-13-29(18)19;/h15-16H,4-14H2,1-3H3,(H2,22,23,24);1H. The average molecular weight is 541 g/mol. The summed E-state index contributed by atoms with van der Waals surface area (Å²) in [6.45, 7) is 7.04. The lowest BCUT2D eigenvalue weighted by molar-refractivity contribution is 0.391. The Balaban J connectivity index is 0.00000272. The van der Waals surface area contributed by atoms with Gasteiger partial charge in [0.1, 0.15) is 17.5 Å². The van der Waals surface area contributed by atoms with Gasteiger partial charge in [-0.1, -0.05) is 20.3 Å². The number of nitrogens with zero attached hydrogens (tertiary/aromatic N) is 7. The molecular formula is C21H36IN9. The highest BCUT2D eigenvalue weighted by Crippen LogP contribution is 2.17. The van der Waals surface area contributed by atoms with E-state index in [2.05, 4.69) is 59.0 Å². The van der Waals surface area contributed by atoms with E-state index in [4.69, 9.17) is 0 Å². The number of nitrogens with one attached hydrogen (secondary N) is 2. The van der Waals surface area contributed by atoms with Crippen molar-refractivity contribution >= 4 is 29.9 Å². The Morgan fingerprint density at radius 1 is 1.16 bits per heavy atom. The number of hydrogen-bond donors (Lipinski definition) is 2. The van der Waals surface area contributed by atoms with Crippen LogP contribution in [0.15, 0.2) is 4.99 Å². The first-order valence-corrected chi connectivity index (χ1v) is 11.5. The fourth-order valence-corrected chi connectivity index (χ4v) is 4.26. The molecule has 0 aliphatic carbocycles. The molecule has 10 heteroatoms. The van der Waals surface area contributed by atoms with Gasteiger partial charge in [0, 0.05) is 51.4 Å². The Morgan fingerprint density at radius 3 is 2.84 bits per heavy atom. The van der Waals surface area contributed by atoms with Gasteiger partial charge in [0.05, 0.1) is 6.54 Å². The van der Waals surface area contributed by atoms with Crippen molar-refractivity contribution in [2.45, 2.75) is 90.3 Å². The van der Waals surface area contributed by atoms with Crippen molar-refractivity contribution in [3.05, 3.63) is 23.3 Å². The van der Waals surface area contributed by atoms with Crippen LogP contribution in [-0.2, 0) is 32.4 Å². The minimum atomic E-state index is 0. The molecule has 1 unspecified atom stereocenters. The van der Waals surface area contributed by atoms with Gasteiger partial charge in [0.2, 0.25) is 0 Å². The highest BCUT2D eigenvalue weighted by atomic mass is 127. The van der Waals surface area contributed by atoms with Crippen LogP contribution >= 0.6 is 24.0 Å². The molecule has 0 fully saturated rings. The Bertz CT molecular complexity index is 870. The maximum atomic E-state index is 4.67. The van der Waals surface area contributed by atoms with Crippen LogP contribution in [0.4, 0.5) is 0 Å². The molecule has 172 valence electrons. The topological polar surface area (TPSA) is 97.8 Å². The minimum absolute atomic E-state index is 0. The number of rotatable bonds is 6. The van der Waals surface area contributed by atoms with Crippen LogP contribution in [0.2, 0.25) is 0 Å². The number of aliphatic imine (C=N–C) groups is 1. The van der Waals surface area contributed by atoms with E-state index >= 15 is 0 Å². The predicted octanol–water partition coefficient (Wildman–Crippen LogP) is 2.45. The van der Waals surface area contributed by atoms with Crippen LogP contribution in [0.3, 0.4) is 0 Å². The number of fused-ring (bicyclic) bond motifs is 2. The first-order valence-electron chi connectivity index (χ1n) is 11.5. The van der Waals surface area contributed by atoms with Gasteiger partial charge in [0.15, 0.2) is 11.8 Å². The van der Waals surface area contributed by atoms with Gasteiger partial charge < -0.3 is 15.2 Å². The molecule has 0 amide bonds. The molecule has 4 heterocycles. The maximum absolute atomic E-state index is 4.67. The van der Waals surface area contributed by atoms with Crippen LogP contribution in [0, 0.1) is 0 Å². The molecule has 2 aromatic heterocycles. The largest absolute Gasteiger partial charge is 0.356 e. The number of halogens is 1. The van der Waals surface area contributed by atoms with E-state index in [1.54, 1.807) is 0 Å². The zero-order chi connectivity index (χ0) is 20.9. The first kappa shape index (κ1) is 23.9. The third-order valence-corrected chi connectivity index (χ3v) is 6.01. The summed E-state index contributed by atoms with van der Waals surface area (Å²) in [7, 11) is 1.83. The zero-order valence-electron chi connectivity index (χ0n) is 19.0. The van der Waals surface area contributed by atoms with E-state index in [-0.39, 0.29) is 24.0 Å². The normalized spacial score (nSPS) is 18.7. The molecule has 9 nitrogen and oxygen atoms in total. The molecule has 0 aromatic carbocycles. The minimum Gasteiger partial charge on any atom is -0.356 e. The molecule has 4 rings (SSSR count). The van der Waals surface area contributed by atoms with Crippen molar-refractivity contribution in [2.75, 3.05) is 13.6 Å². The highest BCUT2D eigenvalue weighted by Gasteiger charge is 2.23. The summed E-state index contributed by atoms with van der Waals surface area (Å²) >= 11 is 0. The van der Waals surface area contributed by atoms with E-state index in [0.29, 0.717) is 12.0 Å². The van der Waals surface area contributed by atoms with Crippen molar-refractivity contribution in [3.63, 3.8) is 0 Å².